The molecule has 1 aromatic heterocycles. The third kappa shape index (κ3) is 4.65. The molecular weight excluding hydrogens is 256 g/mol. The summed E-state index contributed by atoms with van der Waals surface area (Å²) in [5, 5.41) is 5.91. The van der Waals surface area contributed by atoms with Gasteiger partial charge in [-0.25, -0.2) is 15.8 Å². The van der Waals surface area contributed by atoms with E-state index in [1.807, 2.05) is 34.6 Å². The van der Waals surface area contributed by atoms with E-state index in [9.17, 15) is 4.79 Å². The van der Waals surface area contributed by atoms with Crippen LogP contribution in [0, 0.1) is 6.92 Å². The molecule has 1 heterocycles. The van der Waals surface area contributed by atoms with Gasteiger partial charge < -0.3 is 16.1 Å². The molecular formula is C13H24N6O. The number of rotatable bonds is 5. The quantitative estimate of drug-likeness (QED) is 0.473. The average Bonchev–Trinajstić information content (AvgIpc) is 2.35. The van der Waals surface area contributed by atoms with E-state index in [4.69, 9.17) is 5.84 Å². The van der Waals surface area contributed by atoms with Crippen LogP contribution in [0.25, 0.3) is 0 Å². The van der Waals surface area contributed by atoms with Crippen LogP contribution in [-0.2, 0) is 11.2 Å². The molecule has 0 bridgehead atoms. The summed E-state index contributed by atoms with van der Waals surface area (Å²) >= 11 is 0. The maximum atomic E-state index is 11.8. The first kappa shape index (κ1) is 16.2. The fraction of sp³-hybridized carbons (Fsp3) is 0.615. The molecule has 20 heavy (non-hydrogen) atoms. The van der Waals surface area contributed by atoms with Gasteiger partial charge in [0.2, 0.25) is 5.91 Å². The minimum Gasteiger partial charge on any atom is -0.361 e. The molecule has 0 atom stereocenters. The number of nitrogens with two attached hydrogens (primary N) is 1. The number of carbonyl (C=O) groups excluding carboxylic acids is 1. The zero-order chi connectivity index (χ0) is 15.3. The maximum Gasteiger partial charge on any atom is 0.239 e. The maximum absolute atomic E-state index is 11.8. The lowest BCUT2D eigenvalue weighted by Crippen LogP contribution is -2.43. The standard InChI is InChI=1S/C13H24N6O/c1-6-9-16-11(8(2)12(17-9)19-14)15-7-10(20)18-13(3,4)5/h6-7,14H2,1-5H3,(H,18,20)(H2,15,16,17,19). The van der Waals surface area contributed by atoms with E-state index in [1.54, 1.807) is 0 Å². The Morgan fingerprint density at radius 2 is 1.85 bits per heavy atom. The highest BCUT2D eigenvalue weighted by atomic mass is 16.2. The molecule has 0 aliphatic heterocycles. The second-order valence-corrected chi connectivity index (χ2v) is 5.61. The molecule has 1 rings (SSSR count). The Bertz CT molecular complexity index is 480. The lowest BCUT2D eigenvalue weighted by molar-refractivity contribution is -0.120. The number of aryl methyl sites for hydroxylation is 1. The first-order valence-corrected chi connectivity index (χ1v) is 6.65. The molecule has 7 nitrogen and oxygen atoms in total. The summed E-state index contributed by atoms with van der Waals surface area (Å²) in [5.74, 6) is 7.20. The predicted molar refractivity (Wildman–Crippen MR) is 80.3 cm³/mol. The van der Waals surface area contributed by atoms with Crippen LogP contribution in [0.3, 0.4) is 0 Å². The molecule has 0 saturated carbocycles. The summed E-state index contributed by atoms with van der Waals surface area (Å²) in [6.45, 7) is 9.77. The number of hydrazine groups is 1. The highest BCUT2D eigenvalue weighted by Gasteiger charge is 2.15. The van der Waals surface area contributed by atoms with Crippen LogP contribution in [0.2, 0.25) is 0 Å². The summed E-state index contributed by atoms with van der Waals surface area (Å²) in [5.41, 5.74) is 3.08. The highest BCUT2D eigenvalue weighted by Crippen LogP contribution is 2.19. The number of amides is 1. The molecule has 0 aliphatic carbocycles. The van der Waals surface area contributed by atoms with E-state index >= 15 is 0 Å². The number of nitrogen functional groups attached to an aromatic ring is 1. The van der Waals surface area contributed by atoms with Crippen molar-refractivity contribution in [3.8, 4) is 0 Å². The number of aromatic nitrogens is 2. The summed E-state index contributed by atoms with van der Waals surface area (Å²) in [6.07, 6.45) is 0.692. The predicted octanol–water partition coefficient (Wildman–Crippen LogP) is 0.960. The Morgan fingerprint density at radius 3 is 2.35 bits per heavy atom. The van der Waals surface area contributed by atoms with Gasteiger partial charge in [0.15, 0.2) is 0 Å². The molecule has 7 heteroatoms. The van der Waals surface area contributed by atoms with Crippen LogP contribution in [0.4, 0.5) is 11.6 Å². The van der Waals surface area contributed by atoms with Gasteiger partial charge in [0, 0.05) is 17.5 Å². The number of hydrogen-bond donors (Lipinski definition) is 4. The fourth-order valence-electron chi connectivity index (χ4n) is 1.66. The first-order valence-electron chi connectivity index (χ1n) is 6.65. The number of carbonyl (C=O) groups is 1. The summed E-state index contributed by atoms with van der Waals surface area (Å²) in [6, 6.07) is 0. The van der Waals surface area contributed by atoms with Gasteiger partial charge in [-0.2, -0.15) is 0 Å². The average molecular weight is 280 g/mol. The van der Waals surface area contributed by atoms with Crippen molar-refractivity contribution in [2.24, 2.45) is 5.84 Å². The molecule has 0 aliphatic rings. The first-order chi connectivity index (χ1) is 9.26. The van der Waals surface area contributed by atoms with Crippen LogP contribution >= 0.6 is 0 Å². The van der Waals surface area contributed by atoms with Gasteiger partial charge >= 0.3 is 0 Å². The van der Waals surface area contributed by atoms with Gasteiger partial charge in [0.25, 0.3) is 0 Å². The van der Waals surface area contributed by atoms with Crippen molar-refractivity contribution in [1.82, 2.24) is 15.3 Å². The SMILES string of the molecule is CCc1nc(NN)c(C)c(NCC(=O)NC(C)(C)C)n1. The zero-order valence-corrected chi connectivity index (χ0v) is 12.8. The minimum absolute atomic E-state index is 0.0872. The van der Waals surface area contributed by atoms with Crippen molar-refractivity contribution in [1.29, 1.82) is 0 Å². The number of nitrogens with one attached hydrogen (secondary N) is 3. The Labute approximate surface area is 119 Å². The van der Waals surface area contributed by atoms with Crippen LogP contribution < -0.4 is 21.9 Å². The molecule has 0 aromatic carbocycles. The van der Waals surface area contributed by atoms with Gasteiger partial charge in [0.05, 0.1) is 6.54 Å². The van der Waals surface area contributed by atoms with Crippen LogP contribution in [0.1, 0.15) is 39.1 Å². The van der Waals surface area contributed by atoms with Gasteiger partial charge in [-0.05, 0) is 27.7 Å². The molecule has 0 saturated heterocycles. The van der Waals surface area contributed by atoms with E-state index in [2.05, 4.69) is 26.0 Å². The lowest BCUT2D eigenvalue weighted by Gasteiger charge is -2.21. The molecule has 1 amide bonds. The van der Waals surface area contributed by atoms with Gasteiger partial charge in [0.1, 0.15) is 17.5 Å². The van der Waals surface area contributed by atoms with Crippen LogP contribution in [0.5, 0.6) is 0 Å². The molecule has 0 radical (unpaired) electrons. The van der Waals surface area contributed by atoms with Crippen molar-refractivity contribution in [2.45, 2.75) is 46.6 Å². The van der Waals surface area contributed by atoms with E-state index < -0.39 is 0 Å². The Morgan fingerprint density at radius 1 is 1.25 bits per heavy atom. The molecule has 0 unspecified atom stereocenters. The Hall–Kier alpha value is -1.89. The third-order valence-electron chi connectivity index (χ3n) is 2.58. The smallest absolute Gasteiger partial charge is 0.239 e. The van der Waals surface area contributed by atoms with E-state index in [0.717, 1.165) is 5.56 Å². The Kier molecular flexibility index (Phi) is 5.26. The van der Waals surface area contributed by atoms with Crippen LogP contribution in [-0.4, -0.2) is 28.0 Å². The van der Waals surface area contributed by atoms with Gasteiger partial charge in [-0.3, -0.25) is 4.79 Å². The highest BCUT2D eigenvalue weighted by molar-refractivity contribution is 5.81. The van der Waals surface area contributed by atoms with E-state index in [0.29, 0.717) is 23.9 Å². The second-order valence-electron chi connectivity index (χ2n) is 5.61. The summed E-state index contributed by atoms with van der Waals surface area (Å²) in [7, 11) is 0. The summed E-state index contributed by atoms with van der Waals surface area (Å²) in [4.78, 5) is 20.4. The molecule has 112 valence electrons. The fourth-order valence-corrected chi connectivity index (χ4v) is 1.66. The molecule has 0 spiro atoms. The van der Waals surface area contributed by atoms with Gasteiger partial charge in [-0.1, -0.05) is 6.92 Å². The zero-order valence-electron chi connectivity index (χ0n) is 12.8. The topological polar surface area (TPSA) is 105 Å². The van der Waals surface area contributed by atoms with Crippen molar-refractivity contribution >= 4 is 17.5 Å². The Balaban J connectivity index is 2.79. The monoisotopic (exact) mass is 280 g/mol. The van der Waals surface area contributed by atoms with Crippen molar-refractivity contribution < 1.29 is 4.79 Å². The number of nitrogens with zero attached hydrogens (tertiary/aromatic N) is 2. The van der Waals surface area contributed by atoms with Gasteiger partial charge in [-0.15, -0.1) is 0 Å². The largest absolute Gasteiger partial charge is 0.361 e. The minimum atomic E-state index is -0.252. The second kappa shape index (κ2) is 6.51. The number of anilines is 2. The van der Waals surface area contributed by atoms with Crippen molar-refractivity contribution in [2.75, 3.05) is 17.3 Å². The third-order valence-corrected chi connectivity index (χ3v) is 2.58. The molecule has 1 aromatic rings. The lowest BCUT2D eigenvalue weighted by atomic mass is 10.1. The van der Waals surface area contributed by atoms with E-state index in [1.165, 1.54) is 0 Å². The molecule has 5 N–H and O–H groups in total. The number of hydrogen-bond acceptors (Lipinski definition) is 6. The van der Waals surface area contributed by atoms with Crippen molar-refractivity contribution in [3.05, 3.63) is 11.4 Å². The van der Waals surface area contributed by atoms with Crippen molar-refractivity contribution in [3.63, 3.8) is 0 Å². The van der Waals surface area contributed by atoms with E-state index in [-0.39, 0.29) is 18.0 Å². The van der Waals surface area contributed by atoms with Crippen LogP contribution in [0.15, 0.2) is 0 Å². The normalized spacial score (nSPS) is 11.1. The molecule has 0 fully saturated rings. The summed E-state index contributed by atoms with van der Waals surface area (Å²) < 4.78 is 0.